The van der Waals surface area contributed by atoms with Crippen molar-refractivity contribution in [3.63, 3.8) is 0 Å². The highest BCUT2D eigenvalue weighted by Gasteiger charge is 2.18. The summed E-state index contributed by atoms with van der Waals surface area (Å²) in [5.41, 5.74) is 7.07. The number of allylic oxidation sites excluding steroid dienone is 3. The molecule has 156 valence electrons. The highest BCUT2D eigenvalue weighted by Crippen LogP contribution is 2.32. The van der Waals surface area contributed by atoms with Gasteiger partial charge in [0.15, 0.2) is 0 Å². The second-order valence-electron chi connectivity index (χ2n) is 7.57. The van der Waals surface area contributed by atoms with E-state index < -0.39 is 0 Å². The van der Waals surface area contributed by atoms with Crippen LogP contribution in [0.3, 0.4) is 0 Å². The van der Waals surface area contributed by atoms with Gasteiger partial charge < -0.3 is 0 Å². The molecule has 32 heavy (non-hydrogen) atoms. The fourth-order valence-electron chi connectivity index (χ4n) is 3.92. The van der Waals surface area contributed by atoms with Gasteiger partial charge in [0.05, 0.1) is 16.9 Å². The van der Waals surface area contributed by atoms with E-state index in [-0.39, 0.29) is 5.56 Å². The summed E-state index contributed by atoms with van der Waals surface area (Å²) in [4.78, 5) is 18.0. The second kappa shape index (κ2) is 8.44. The van der Waals surface area contributed by atoms with Gasteiger partial charge in [0.2, 0.25) is 0 Å². The largest absolute Gasteiger partial charge is 0.295 e. The number of benzene rings is 3. The first kappa shape index (κ1) is 20.2. The van der Waals surface area contributed by atoms with Gasteiger partial charge in [-0.05, 0) is 48.4 Å². The predicted molar refractivity (Wildman–Crippen MR) is 135 cm³/mol. The molecule has 4 nitrogen and oxygen atoms in total. The Morgan fingerprint density at radius 2 is 1.69 bits per heavy atom. The Balaban J connectivity index is 1.68. The normalized spacial score (nSPS) is 14.2. The molecule has 4 aromatic rings. The quantitative estimate of drug-likeness (QED) is 0.356. The van der Waals surface area contributed by atoms with Crippen LogP contribution in [0.1, 0.15) is 22.4 Å². The van der Waals surface area contributed by atoms with Crippen molar-refractivity contribution < 1.29 is 0 Å². The van der Waals surface area contributed by atoms with Gasteiger partial charge in [0.25, 0.3) is 5.56 Å². The molecule has 0 saturated heterocycles. The molecule has 2 heterocycles. The van der Waals surface area contributed by atoms with Gasteiger partial charge in [-0.15, -0.1) is 0 Å². The summed E-state index contributed by atoms with van der Waals surface area (Å²) < 4.78 is 2.58. The van der Waals surface area contributed by atoms with Crippen LogP contribution >= 0.6 is 15.9 Å². The Labute approximate surface area is 194 Å². The molecule has 5 rings (SSSR count). The Kier molecular flexibility index (Phi) is 5.33. The van der Waals surface area contributed by atoms with Gasteiger partial charge in [-0.1, -0.05) is 76.6 Å². The van der Waals surface area contributed by atoms with E-state index in [9.17, 15) is 4.79 Å². The number of para-hydroxylation sites is 2. The first-order valence-electron chi connectivity index (χ1n) is 10.3. The Hall–Kier alpha value is -3.70. The van der Waals surface area contributed by atoms with Crippen LogP contribution in [0.5, 0.6) is 0 Å². The van der Waals surface area contributed by atoms with E-state index in [1.807, 2.05) is 98.1 Å². The summed E-state index contributed by atoms with van der Waals surface area (Å²) in [5, 5.41) is 3.24. The molecular weight excluding hydrogens is 462 g/mol. The molecule has 1 aliphatic heterocycles. The van der Waals surface area contributed by atoms with E-state index in [1.165, 1.54) is 0 Å². The van der Waals surface area contributed by atoms with Crippen LogP contribution in [0.2, 0.25) is 0 Å². The van der Waals surface area contributed by atoms with E-state index in [0.29, 0.717) is 5.56 Å². The molecule has 1 aromatic heterocycles. The predicted octanol–water partition coefficient (Wildman–Crippen LogP) is 6.47. The van der Waals surface area contributed by atoms with Crippen LogP contribution in [0, 0.1) is 6.92 Å². The van der Waals surface area contributed by atoms with Gasteiger partial charge in [0, 0.05) is 27.5 Å². The number of hydrogen-bond donors (Lipinski definition) is 1. The average molecular weight is 482 g/mol. The number of nitrogens with one attached hydrogen (secondary N) is 1. The third-order valence-electron chi connectivity index (χ3n) is 5.50. The summed E-state index contributed by atoms with van der Waals surface area (Å²) in [6.07, 6.45) is 5.91. The SMILES string of the molecule is Cc1[nH]n(-c2ccccc2)c(=O)c1/C(=C/C=C1\C=Nc2ccccc21)c1ccc(Br)cc1. The lowest BCUT2D eigenvalue weighted by Crippen LogP contribution is -2.17. The number of aromatic amines is 1. The smallest absolute Gasteiger partial charge is 0.279 e. The third-order valence-corrected chi connectivity index (χ3v) is 6.03. The van der Waals surface area contributed by atoms with Gasteiger partial charge in [0.1, 0.15) is 0 Å². The Morgan fingerprint density at radius 3 is 2.47 bits per heavy atom. The van der Waals surface area contributed by atoms with Crippen LogP contribution in [0.25, 0.3) is 16.8 Å². The van der Waals surface area contributed by atoms with E-state index >= 15 is 0 Å². The van der Waals surface area contributed by atoms with Crippen LogP contribution in [0.4, 0.5) is 5.69 Å². The van der Waals surface area contributed by atoms with Crippen molar-refractivity contribution in [2.45, 2.75) is 6.92 Å². The highest BCUT2D eigenvalue weighted by atomic mass is 79.9. The molecule has 0 bridgehead atoms. The Morgan fingerprint density at radius 1 is 0.969 bits per heavy atom. The first-order valence-corrected chi connectivity index (χ1v) is 11.1. The summed E-state index contributed by atoms with van der Waals surface area (Å²) in [6.45, 7) is 1.93. The van der Waals surface area contributed by atoms with Crippen LogP contribution in [-0.4, -0.2) is 16.0 Å². The minimum Gasteiger partial charge on any atom is -0.295 e. The zero-order chi connectivity index (χ0) is 22.1. The fraction of sp³-hybridized carbons (Fsp3) is 0.0370. The van der Waals surface area contributed by atoms with Crippen molar-refractivity contribution >= 4 is 39.0 Å². The van der Waals surface area contributed by atoms with Crippen molar-refractivity contribution in [1.29, 1.82) is 0 Å². The summed E-state index contributed by atoms with van der Waals surface area (Å²) >= 11 is 3.50. The number of nitrogens with zero attached hydrogens (tertiary/aromatic N) is 2. The number of fused-ring (bicyclic) bond motifs is 1. The van der Waals surface area contributed by atoms with Crippen molar-refractivity contribution in [2.24, 2.45) is 4.99 Å². The zero-order valence-corrected chi connectivity index (χ0v) is 19.0. The van der Waals surface area contributed by atoms with Crippen molar-refractivity contribution in [3.8, 4) is 5.69 Å². The number of rotatable bonds is 4. The topological polar surface area (TPSA) is 50.1 Å². The number of H-pyrrole nitrogens is 1. The molecular formula is C27H20BrN3O. The molecule has 0 saturated carbocycles. The molecule has 1 N–H and O–H groups in total. The van der Waals surface area contributed by atoms with Gasteiger partial charge in [-0.25, -0.2) is 4.68 Å². The maximum Gasteiger partial charge on any atom is 0.279 e. The summed E-state index contributed by atoms with van der Waals surface area (Å²) in [6, 6.07) is 25.7. The standard InChI is InChI=1S/C27H20BrN3O/c1-18-26(27(32)31(30-18)22-7-3-2-4-8-22)24(19-11-14-21(28)15-12-19)16-13-20-17-29-25-10-6-5-9-23(20)25/h2-17,30H,1H3/b20-13+,24-16+. The molecule has 0 unspecified atom stereocenters. The molecule has 5 heteroatoms. The first-order chi connectivity index (χ1) is 15.6. The maximum atomic E-state index is 13.5. The van der Waals surface area contributed by atoms with Gasteiger partial charge in [-0.3, -0.25) is 14.9 Å². The van der Waals surface area contributed by atoms with Crippen LogP contribution in [-0.2, 0) is 0 Å². The monoisotopic (exact) mass is 481 g/mol. The molecule has 0 aliphatic carbocycles. The molecule has 0 fully saturated rings. The van der Waals surface area contributed by atoms with E-state index in [2.05, 4.69) is 32.1 Å². The number of aryl methyl sites for hydroxylation is 1. The maximum absolute atomic E-state index is 13.5. The van der Waals surface area contributed by atoms with Crippen molar-refractivity contribution in [1.82, 2.24) is 9.78 Å². The van der Waals surface area contributed by atoms with E-state index in [4.69, 9.17) is 0 Å². The van der Waals surface area contributed by atoms with Crippen LogP contribution in [0.15, 0.2) is 105 Å². The van der Waals surface area contributed by atoms with Gasteiger partial charge >= 0.3 is 0 Å². The number of aromatic nitrogens is 2. The molecule has 3 aromatic carbocycles. The molecule has 0 atom stereocenters. The van der Waals surface area contributed by atoms with Crippen molar-refractivity contribution in [2.75, 3.05) is 0 Å². The lowest BCUT2D eigenvalue weighted by Gasteiger charge is -2.07. The minimum atomic E-state index is -0.0817. The number of halogens is 1. The van der Waals surface area contributed by atoms with E-state index in [0.717, 1.165) is 43.8 Å². The minimum absolute atomic E-state index is 0.0817. The second-order valence-corrected chi connectivity index (χ2v) is 8.49. The molecule has 0 amide bonds. The number of aliphatic imine (C=N–C) groups is 1. The Bertz CT molecular complexity index is 1440. The average Bonchev–Trinajstić information content (AvgIpc) is 3.36. The summed E-state index contributed by atoms with van der Waals surface area (Å²) in [7, 11) is 0. The fourth-order valence-corrected chi connectivity index (χ4v) is 4.19. The lowest BCUT2D eigenvalue weighted by molar-refractivity contribution is 0.835. The molecule has 0 radical (unpaired) electrons. The van der Waals surface area contributed by atoms with E-state index in [1.54, 1.807) is 4.68 Å². The lowest BCUT2D eigenvalue weighted by atomic mass is 9.97. The number of hydrogen-bond acceptors (Lipinski definition) is 2. The summed E-state index contributed by atoms with van der Waals surface area (Å²) in [5.74, 6) is 0. The van der Waals surface area contributed by atoms with Crippen molar-refractivity contribution in [3.05, 3.63) is 128 Å². The molecule has 1 aliphatic rings. The third kappa shape index (κ3) is 3.72. The zero-order valence-electron chi connectivity index (χ0n) is 17.4. The molecule has 0 spiro atoms. The highest BCUT2D eigenvalue weighted by molar-refractivity contribution is 9.10. The van der Waals surface area contributed by atoms with Crippen LogP contribution < -0.4 is 5.56 Å². The van der Waals surface area contributed by atoms with Gasteiger partial charge in [-0.2, -0.15) is 0 Å².